The molecule has 0 fully saturated rings. The van der Waals surface area contributed by atoms with E-state index in [9.17, 15) is 4.39 Å². The fraction of sp³-hybridized carbons (Fsp3) is 0. The molecular formula is C17H12FN. The molecule has 0 atom stereocenters. The first-order valence-corrected chi connectivity index (χ1v) is 6.12. The Bertz CT molecular complexity index is 692. The molecule has 0 saturated heterocycles. The number of hydrogen-bond acceptors (Lipinski definition) is 1. The third-order valence-corrected chi connectivity index (χ3v) is 2.97. The van der Waals surface area contributed by atoms with Crippen molar-refractivity contribution in [2.75, 3.05) is 0 Å². The normalized spacial score (nSPS) is 10.4. The summed E-state index contributed by atoms with van der Waals surface area (Å²) in [5.74, 6) is -0.250. The predicted molar refractivity (Wildman–Crippen MR) is 75.1 cm³/mol. The smallest absolute Gasteiger partial charge is 0.132 e. The number of pyridine rings is 1. The molecule has 0 aliphatic carbocycles. The molecule has 0 saturated carbocycles. The Morgan fingerprint density at radius 2 is 1.32 bits per heavy atom. The van der Waals surface area contributed by atoms with Gasteiger partial charge in [0.15, 0.2) is 0 Å². The van der Waals surface area contributed by atoms with Crippen molar-refractivity contribution in [3.63, 3.8) is 0 Å². The lowest BCUT2D eigenvalue weighted by Gasteiger charge is -2.05. The summed E-state index contributed by atoms with van der Waals surface area (Å²) in [6, 6.07) is 22.2. The van der Waals surface area contributed by atoms with Crippen LogP contribution in [0.5, 0.6) is 0 Å². The molecule has 0 aliphatic rings. The van der Waals surface area contributed by atoms with Crippen molar-refractivity contribution in [3.05, 3.63) is 78.6 Å². The molecule has 0 N–H and O–H groups in total. The molecule has 2 aromatic carbocycles. The van der Waals surface area contributed by atoms with Crippen LogP contribution in [0.25, 0.3) is 22.5 Å². The minimum absolute atomic E-state index is 0.250. The fourth-order valence-electron chi connectivity index (χ4n) is 2.02. The first kappa shape index (κ1) is 11.6. The second kappa shape index (κ2) is 5.02. The summed E-state index contributed by atoms with van der Waals surface area (Å²) in [4.78, 5) is 4.53. The number of halogens is 1. The molecule has 0 bridgehead atoms. The number of hydrogen-bond donors (Lipinski definition) is 0. The average Bonchev–Trinajstić information content (AvgIpc) is 2.49. The number of nitrogens with zero attached hydrogens (tertiary/aromatic N) is 1. The van der Waals surface area contributed by atoms with Gasteiger partial charge in [-0.15, -0.1) is 0 Å². The van der Waals surface area contributed by atoms with Gasteiger partial charge in [-0.3, -0.25) is 0 Å². The summed E-state index contributed by atoms with van der Waals surface area (Å²) in [6.07, 6.45) is 0. The molecule has 1 nitrogen and oxygen atoms in total. The maximum absolute atomic E-state index is 13.8. The van der Waals surface area contributed by atoms with Gasteiger partial charge in [-0.05, 0) is 24.3 Å². The van der Waals surface area contributed by atoms with E-state index >= 15 is 0 Å². The van der Waals surface area contributed by atoms with Crippen molar-refractivity contribution in [2.24, 2.45) is 0 Å². The maximum atomic E-state index is 13.8. The molecule has 0 amide bonds. The molecule has 0 unspecified atom stereocenters. The molecule has 0 radical (unpaired) electrons. The zero-order valence-corrected chi connectivity index (χ0v) is 10.3. The van der Waals surface area contributed by atoms with E-state index in [1.807, 2.05) is 54.6 Å². The third kappa shape index (κ3) is 2.38. The molecule has 1 aromatic heterocycles. The van der Waals surface area contributed by atoms with Crippen LogP contribution in [0, 0.1) is 5.82 Å². The number of benzene rings is 2. The van der Waals surface area contributed by atoms with Crippen LogP contribution in [-0.4, -0.2) is 4.98 Å². The molecule has 3 aromatic rings. The van der Waals surface area contributed by atoms with Crippen LogP contribution in [0.3, 0.4) is 0 Å². The topological polar surface area (TPSA) is 12.9 Å². The Morgan fingerprint density at radius 3 is 2.11 bits per heavy atom. The van der Waals surface area contributed by atoms with Crippen LogP contribution in [0.2, 0.25) is 0 Å². The lowest BCUT2D eigenvalue weighted by Crippen LogP contribution is -1.90. The predicted octanol–water partition coefficient (Wildman–Crippen LogP) is 4.55. The molecule has 0 spiro atoms. The Labute approximate surface area is 111 Å². The second-order valence-corrected chi connectivity index (χ2v) is 4.25. The SMILES string of the molecule is Fc1ccccc1-c1cccc(-c2ccccc2)n1. The fourth-order valence-corrected chi connectivity index (χ4v) is 2.02. The summed E-state index contributed by atoms with van der Waals surface area (Å²) < 4.78 is 13.8. The molecule has 3 rings (SSSR count). The third-order valence-electron chi connectivity index (χ3n) is 2.97. The summed E-state index contributed by atoms with van der Waals surface area (Å²) >= 11 is 0. The average molecular weight is 249 g/mol. The molecule has 2 heteroatoms. The molecule has 92 valence electrons. The Kier molecular flexibility index (Phi) is 3.07. The van der Waals surface area contributed by atoms with Crippen LogP contribution in [0.15, 0.2) is 72.8 Å². The monoisotopic (exact) mass is 249 g/mol. The highest BCUT2D eigenvalue weighted by Crippen LogP contribution is 2.24. The number of aromatic nitrogens is 1. The van der Waals surface area contributed by atoms with Crippen molar-refractivity contribution in [2.45, 2.75) is 0 Å². The summed E-state index contributed by atoms with van der Waals surface area (Å²) in [7, 11) is 0. The quantitative estimate of drug-likeness (QED) is 0.649. The van der Waals surface area contributed by atoms with Gasteiger partial charge in [0.05, 0.1) is 11.4 Å². The summed E-state index contributed by atoms with van der Waals surface area (Å²) in [5, 5.41) is 0. The first-order valence-electron chi connectivity index (χ1n) is 6.12. The number of rotatable bonds is 2. The Hall–Kier alpha value is -2.48. The Morgan fingerprint density at radius 1 is 0.632 bits per heavy atom. The highest BCUT2D eigenvalue weighted by atomic mass is 19.1. The molecule has 0 aliphatic heterocycles. The lowest BCUT2D eigenvalue weighted by molar-refractivity contribution is 0.631. The van der Waals surface area contributed by atoms with Gasteiger partial charge in [-0.2, -0.15) is 0 Å². The van der Waals surface area contributed by atoms with E-state index in [-0.39, 0.29) is 5.82 Å². The van der Waals surface area contributed by atoms with Crippen LogP contribution in [0.1, 0.15) is 0 Å². The van der Waals surface area contributed by atoms with Gasteiger partial charge < -0.3 is 0 Å². The highest BCUT2D eigenvalue weighted by Gasteiger charge is 2.06. The van der Waals surface area contributed by atoms with Crippen LogP contribution in [-0.2, 0) is 0 Å². The molecule has 19 heavy (non-hydrogen) atoms. The van der Waals surface area contributed by atoms with E-state index in [0.29, 0.717) is 11.3 Å². The summed E-state index contributed by atoms with van der Waals surface area (Å²) in [6.45, 7) is 0. The van der Waals surface area contributed by atoms with Crippen molar-refractivity contribution in [1.82, 2.24) is 4.98 Å². The summed E-state index contributed by atoms with van der Waals surface area (Å²) in [5.41, 5.74) is 3.06. The van der Waals surface area contributed by atoms with Gasteiger partial charge in [0, 0.05) is 11.1 Å². The van der Waals surface area contributed by atoms with E-state index in [2.05, 4.69) is 4.98 Å². The second-order valence-electron chi connectivity index (χ2n) is 4.25. The van der Waals surface area contributed by atoms with Crippen molar-refractivity contribution in [1.29, 1.82) is 0 Å². The van der Waals surface area contributed by atoms with Gasteiger partial charge >= 0.3 is 0 Å². The Balaban J connectivity index is 2.09. The van der Waals surface area contributed by atoms with Gasteiger partial charge in [0.2, 0.25) is 0 Å². The molecular weight excluding hydrogens is 237 g/mol. The van der Waals surface area contributed by atoms with Crippen molar-refractivity contribution in [3.8, 4) is 22.5 Å². The van der Waals surface area contributed by atoms with Gasteiger partial charge in [-0.25, -0.2) is 9.37 Å². The minimum atomic E-state index is -0.250. The standard InChI is InChI=1S/C17H12FN/c18-15-10-5-4-9-14(15)17-12-6-11-16(19-17)13-7-2-1-3-8-13/h1-12H. The minimum Gasteiger partial charge on any atom is -0.248 e. The van der Waals surface area contributed by atoms with E-state index in [1.165, 1.54) is 6.07 Å². The molecule has 1 heterocycles. The zero-order chi connectivity index (χ0) is 13.1. The van der Waals surface area contributed by atoms with Gasteiger partial charge in [-0.1, -0.05) is 48.5 Å². The zero-order valence-electron chi connectivity index (χ0n) is 10.3. The van der Waals surface area contributed by atoms with Gasteiger partial charge in [0.1, 0.15) is 5.82 Å². The maximum Gasteiger partial charge on any atom is 0.132 e. The largest absolute Gasteiger partial charge is 0.248 e. The van der Waals surface area contributed by atoms with E-state index in [0.717, 1.165) is 11.3 Å². The van der Waals surface area contributed by atoms with Gasteiger partial charge in [0.25, 0.3) is 0 Å². The highest BCUT2D eigenvalue weighted by molar-refractivity contribution is 5.66. The van der Waals surface area contributed by atoms with Crippen LogP contribution in [0.4, 0.5) is 4.39 Å². The van der Waals surface area contributed by atoms with Crippen molar-refractivity contribution >= 4 is 0 Å². The van der Waals surface area contributed by atoms with Crippen LogP contribution >= 0.6 is 0 Å². The lowest BCUT2D eigenvalue weighted by atomic mass is 10.1. The van der Waals surface area contributed by atoms with Crippen LogP contribution < -0.4 is 0 Å². The van der Waals surface area contributed by atoms with E-state index in [1.54, 1.807) is 12.1 Å². The van der Waals surface area contributed by atoms with E-state index < -0.39 is 0 Å². The first-order chi connectivity index (χ1) is 9.34. The van der Waals surface area contributed by atoms with Crippen molar-refractivity contribution < 1.29 is 4.39 Å². The van der Waals surface area contributed by atoms with E-state index in [4.69, 9.17) is 0 Å².